The molecule has 0 spiro atoms. The summed E-state index contributed by atoms with van der Waals surface area (Å²) in [6, 6.07) is 18.1. The molecule has 0 atom stereocenters. The fourth-order valence-electron chi connectivity index (χ4n) is 3.12. The summed E-state index contributed by atoms with van der Waals surface area (Å²) in [7, 11) is 0. The summed E-state index contributed by atoms with van der Waals surface area (Å²) in [5.74, 6) is 0.641. The third-order valence-electron chi connectivity index (χ3n) is 4.60. The fraction of sp³-hybridized carbons (Fsp3) is 0.381. The number of benzene rings is 2. The molecule has 0 bridgehead atoms. The Kier molecular flexibility index (Phi) is 6.50. The van der Waals surface area contributed by atoms with E-state index < -0.39 is 0 Å². The summed E-state index contributed by atoms with van der Waals surface area (Å²) in [5, 5.41) is 2.93. The van der Waals surface area contributed by atoms with E-state index in [0.29, 0.717) is 6.54 Å². The number of rotatable bonds is 7. The first-order chi connectivity index (χ1) is 12.7. The molecule has 0 unspecified atom stereocenters. The predicted octanol–water partition coefficient (Wildman–Crippen LogP) is 2.31. The van der Waals surface area contributed by atoms with Crippen molar-refractivity contribution in [2.45, 2.75) is 6.92 Å². The lowest BCUT2D eigenvalue weighted by Gasteiger charge is -2.36. The Bertz CT molecular complexity index is 697. The Hall–Kier alpha value is -2.53. The van der Waals surface area contributed by atoms with Crippen molar-refractivity contribution >= 4 is 11.6 Å². The molecule has 1 aliphatic rings. The molecule has 0 aromatic heterocycles. The Morgan fingerprint density at radius 3 is 2.54 bits per heavy atom. The van der Waals surface area contributed by atoms with Crippen LogP contribution in [0.1, 0.15) is 5.56 Å². The summed E-state index contributed by atoms with van der Waals surface area (Å²) in [5.41, 5.74) is 2.60. The molecule has 1 heterocycles. The number of anilines is 1. The van der Waals surface area contributed by atoms with Crippen molar-refractivity contribution in [3.63, 3.8) is 0 Å². The zero-order chi connectivity index (χ0) is 18.2. The van der Waals surface area contributed by atoms with E-state index in [4.69, 9.17) is 4.74 Å². The molecule has 5 nitrogen and oxygen atoms in total. The zero-order valence-electron chi connectivity index (χ0n) is 15.4. The van der Waals surface area contributed by atoms with Gasteiger partial charge in [0.05, 0.1) is 0 Å². The van der Waals surface area contributed by atoms with Crippen LogP contribution < -0.4 is 15.0 Å². The average Bonchev–Trinajstić information content (AvgIpc) is 2.68. The summed E-state index contributed by atoms with van der Waals surface area (Å²) in [6.45, 7) is 7.80. The van der Waals surface area contributed by atoms with E-state index in [1.807, 2.05) is 30.3 Å². The molecule has 26 heavy (non-hydrogen) atoms. The van der Waals surface area contributed by atoms with Crippen LogP contribution in [0.3, 0.4) is 0 Å². The predicted molar refractivity (Wildman–Crippen MR) is 105 cm³/mol. The summed E-state index contributed by atoms with van der Waals surface area (Å²) in [4.78, 5) is 16.7. The molecule has 1 N–H and O–H groups in total. The number of carbonyl (C=O) groups is 1. The van der Waals surface area contributed by atoms with Crippen LogP contribution in [0.4, 0.5) is 5.69 Å². The van der Waals surface area contributed by atoms with Gasteiger partial charge in [0, 0.05) is 45.0 Å². The van der Waals surface area contributed by atoms with Crippen molar-refractivity contribution < 1.29 is 9.53 Å². The maximum atomic E-state index is 11.9. The molecular weight excluding hydrogens is 326 g/mol. The van der Waals surface area contributed by atoms with Crippen LogP contribution in [-0.2, 0) is 4.79 Å². The summed E-state index contributed by atoms with van der Waals surface area (Å²) in [6.07, 6.45) is 0. The first-order valence-electron chi connectivity index (χ1n) is 9.19. The third-order valence-corrected chi connectivity index (χ3v) is 4.60. The highest BCUT2D eigenvalue weighted by Gasteiger charge is 2.17. The second-order valence-electron chi connectivity index (χ2n) is 6.62. The van der Waals surface area contributed by atoms with Gasteiger partial charge in [0.15, 0.2) is 6.61 Å². The molecular formula is C21H27N3O2. The van der Waals surface area contributed by atoms with Gasteiger partial charge in [0.1, 0.15) is 5.75 Å². The van der Waals surface area contributed by atoms with Crippen LogP contribution in [0, 0.1) is 6.92 Å². The Morgan fingerprint density at radius 1 is 1.04 bits per heavy atom. The minimum atomic E-state index is -0.0766. The van der Waals surface area contributed by atoms with Crippen molar-refractivity contribution in [3.8, 4) is 5.75 Å². The fourth-order valence-corrected chi connectivity index (χ4v) is 3.12. The Labute approximate surface area is 155 Å². The van der Waals surface area contributed by atoms with Gasteiger partial charge in [0.25, 0.3) is 5.91 Å². The van der Waals surface area contributed by atoms with Crippen LogP contribution in [0.2, 0.25) is 0 Å². The standard InChI is InChI=1S/C21H27N3O2/c1-18-6-5-7-19(16-18)24-14-12-23(13-15-24)11-10-22-21(25)17-26-20-8-3-2-4-9-20/h2-9,16H,10-15,17H2,1H3,(H,22,25). The van der Waals surface area contributed by atoms with Gasteiger partial charge in [-0.2, -0.15) is 0 Å². The van der Waals surface area contributed by atoms with E-state index in [0.717, 1.165) is 38.5 Å². The molecule has 0 saturated carbocycles. The number of ether oxygens (including phenoxy) is 1. The summed E-state index contributed by atoms with van der Waals surface area (Å²) >= 11 is 0. The quantitative estimate of drug-likeness (QED) is 0.830. The van der Waals surface area contributed by atoms with Gasteiger partial charge in [-0.25, -0.2) is 0 Å². The van der Waals surface area contributed by atoms with Crippen molar-refractivity contribution in [2.75, 3.05) is 50.8 Å². The van der Waals surface area contributed by atoms with Crippen molar-refractivity contribution in [2.24, 2.45) is 0 Å². The Morgan fingerprint density at radius 2 is 1.81 bits per heavy atom. The zero-order valence-corrected chi connectivity index (χ0v) is 15.4. The van der Waals surface area contributed by atoms with Crippen molar-refractivity contribution in [1.82, 2.24) is 10.2 Å². The highest BCUT2D eigenvalue weighted by Crippen LogP contribution is 2.17. The van der Waals surface area contributed by atoms with E-state index in [1.54, 1.807) is 0 Å². The van der Waals surface area contributed by atoms with Gasteiger partial charge in [0.2, 0.25) is 0 Å². The lowest BCUT2D eigenvalue weighted by molar-refractivity contribution is -0.123. The molecule has 1 fully saturated rings. The van der Waals surface area contributed by atoms with Crippen LogP contribution in [0.25, 0.3) is 0 Å². The van der Waals surface area contributed by atoms with E-state index in [1.165, 1.54) is 11.3 Å². The van der Waals surface area contributed by atoms with E-state index in [2.05, 4.69) is 46.3 Å². The molecule has 1 aliphatic heterocycles. The second-order valence-corrected chi connectivity index (χ2v) is 6.62. The molecule has 138 valence electrons. The highest BCUT2D eigenvalue weighted by atomic mass is 16.5. The van der Waals surface area contributed by atoms with Gasteiger partial charge in [-0.3, -0.25) is 9.69 Å². The van der Waals surface area contributed by atoms with Gasteiger partial charge in [-0.1, -0.05) is 30.3 Å². The van der Waals surface area contributed by atoms with Gasteiger partial charge >= 0.3 is 0 Å². The first kappa shape index (κ1) is 18.3. The maximum Gasteiger partial charge on any atom is 0.257 e. The number of hydrogen-bond donors (Lipinski definition) is 1. The minimum Gasteiger partial charge on any atom is -0.484 e. The molecule has 2 aromatic rings. The second kappa shape index (κ2) is 9.25. The largest absolute Gasteiger partial charge is 0.484 e. The first-order valence-corrected chi connectivity index (χ1v) is 9.19. The maximum absolute atomic E-state index is 11.9. The number of amides is 1. The lowest BCUT2D eigenvalue weighted by Crippen LogP contribution is -2.48. The topological polar surface area (TPSA) is 44.8 Å². The van der Waals surface area contributed by atoms with E-state index in [9.17, 15) is 4.79 Å². The number of carbonyl (C=O) groups excluding carboxylic acids is 1. The lowest BCUT2D eigenvalue weighted by atomic mass is 10.2. The van der Waals surface area contributed by atoms with Gasteiger partial charge in [-0.05, 0) is 36.8 Å². The smallest absolute Gasteiger partial charge is 0.257 e. The van der Waals surface area contributed by atoms with Crippen LogP contribution in [0.15, 0.2) is 54.6 Å². The molecule has 2 aromatic carbocycles. The number of piperazine rings is 1. The molecule has 0 radical (unpaired) electrons. The molecule has 0 aliphatic carbocycles. The molecule has 5 heteroatoms. The SMILES string of the molecule is Cc1cccc(N2CCN(CCNC(=O)COc3ccccc3)CC2)c1. The highest BCUT2D eigenvalue weighted by molar-refractivity contribution is 5.77. The third kappa shape index (κ3) is 5.49. The van der Waals surface area contributed by atoms with Crippen molar-refractivity contribution in [1.29, 1.82) is 0 Å². The van der Waals surface area contributed by atoms with E-state index >= 15 is 0 Å². The minimum absolute atomic E-state index is 0.0607. The average molecular weight is 353 g/mol. The summed E-state index contributed by atoms with van der Waals surface area (Å²) < 4.78 is 5.45. The van der Waals surface area contributed by atoms with Gasteiger partial charge in [-0.15, -0.1) is 0 Å². The number of nitrogens with one attached hydrogen (secondary N) is 1. The van der Waals surface area contributed by atoms with Crippen LogP contribution in [-0.4, -0.2) is 56.7 Å². The normalized spacial score (nSPS) is 14.9. The molecule has 1 amide bonds. The van der Waals surface area contributed by atoms with Gasteiger partial charge < -0.3 is 15.0 Å². The Balaban J connectivity index is 1.32. The van der Waals surface area contributed by atoms with E-state index in [-0.39, 0.29) is 12.5 Å². The van der Waals surface area contributed by atoms with Crippen LogP contribution in [0.5, 0.6) is 5.75 Å². The number of para-hydroxylation sites is 1. The van der Waals surface area contributed by atoms with Crippen LogP contribution >= 0.6 is 0 Å². The monoisotopic (exact) mass is 353 g/mol. The number of aryl methyl sites for hydroxylation is 1. The molecule has 3 rings (SSSR count). The number of nitrogens with zero attached hydrogens (tertiary/aromatic N) is 2. The van der Waals surface area contributed by atoms with Crippen molar-refractivity contribution in [3.05, 3.63) is 60.2 Å². The molecule has 1 saturated heterocycles. The number of hydrogen-bond acceptors (Lipinski definition) is 4.